The second-order valence-corrected chi connectivity index (χ2v) is 5.45. The van der Waals surface area contributed by atoms with Crippen molar-refractivity contribution in [1.82, 2.24) is 19.9 Å². The first-order chi connectivity index (χ1) is 8.33. The molecule has 1 atom stereocenters. The van der Waals surface area contributed by atoms with Crippen LogP contribution in [0.4, 0.5) is 0 Å². The third kappa shape index (κ3) is 2.84. The predicted octanol–water partition coefficient (Wildman–Crippen LogP) is 0.502. The second-order valence-electron chi connectivity index (χ2n) is 5.45. The minimum Gasteiger partial charge on any atom is -0.390 e. The Morgan fingerprint density at radius 2 is 2.12 bits per heavy atom. The van der Waals surface area contributed by atoms with Crippen LogP contribution in [0.1, 0.15) is 25.0 Å². The van der Waals surface area contributed by atoms with Gasteiger partial charge in [0.1, 0.15) is 5.69 Å². The third-order valence-electron chi connectivity index (χ3n) is 3.78. The van der Waals surface area contributed by atoms with Crippen molar-refractivity contribution in [3.05, 3.63) is 11.9 Å². The second kappa shape index (κ2) is 4.74. The summed E-state index contributed by atoms with van der Waals surface area (Å²) in [5.41, 5.74) is 0.665. The summed E-state index contributed by atoms with van der Waals surface area (Å²) in [4.78, 5) is 2.59. The summed E-state index contributed by atoms with van der Waals surface area (Å²) in [6, 6.07) is 0. The van der Waals surface area contributed by atoms with E-state index in [4.69, 9.17) is 5.11 Å². The number of aliphatic hydroxyl groups excluding tert-OH is 1. The van der Waals surface area contributed by atoms with Crippen LogP contribution in [-0.2, 0) is 13.2 Å². The average molecular weight is 236 g/mol. The monoisotopic (exact) mass is 236 g/mol. The Labute approximate surface area is 101 Å². The number of hydrogen-bond donors (Lipinski definition) is 1. The van der Waals surface area contributed by atoms with Gasteiger partial charge in [-0.3, -0.25) is 4.68 Å². The van der Waals surface area contributed by atoms with Gasteiger partial charge >= 0.3 is 0 Å². The molecule has 5 nitrogen and oxygen atoms in total. The molecule has 0 unspecified atom stereocenters. The van der Waals surface area contributed by atoms with E-state index in [2.05, 4.69) is 15.2 Å². The van der Waals surface area contributed by atoms with E-state index >= 15 is 0 Å². The lowest BCUT2D eigenvalue weighted by Crippen LogP contribution is -2.24. The molecule has 0 amide bonds. The summed E-state index contributed by atoms with van der Waals surface area (Å²) in [5, 5.41) is 16.9. The summed E-state index contributed by atoms with van der Waals surface area (Å²) in [5.74, 6) is 1.68. The van der Waals surface area contributed by atoms with Crippen molar-refractivity contribution in [3.8, 4) is 0 Å². The maximum Gasteiger partial charge on any atom is 0.108 e. The van der Waals surface area contributed by atoms with Crippen LogP contribution in [0.5, 0.6) is 0 Å². The van der Waals surface area contributed by atoms with Gasteiger partial charge in [0.25, 0.3) is 0 Å². The fourth-order valence-corrected chi connectivity index (χ4v) is 2.66. The SMILES string of the molecule is OCc1cn(C[C@@H]2CCN(CC3CC3)C2)nn1. The van der Waals surface area contributed by atoms with E-state index in [0.29, 0.717) is 11.6 Å². The van der Waals surface area contributed by atoms with E-state index in [1.165, 1.54) is 38.9 Å². The first kappa shape index (κ1) is 11.2. The van der Waals surface area contributed by atoms with Gasteiger partial charge in [-0.05, 0) is 37.6 Å². The van der Waals surface area contributed by atoms with Crippen LogP contribution < -0.4 is 0 Å². The Morgan fingerprint density at radius 3 is 2.82 bits per heavy atom. The van der Waals surface area contributed by atoms with Crippen molar-refractivity contribution in [2.75, 3.05) is 19.6 Å². The number of rotatable bonds is 5. The molecule has 0 bridgehead atoms. The lowest BCUT2D eigenvalue weighted by Gasteiger charge is -2.15. The van der Waals surface area contributed by atoms with Crippen LogP contribution in [0.15, 0.2) is 6.20 Å². The average Bonchev–Trinajstić information content (AvgIpc) is 2.86. The molecule has 2 heterocycles. The van der Waals surface area contributed by atoms with Crippen molar-refractivity contribution in [3.63, 3.8) is 0 Å². The highest BCUT2D eigenvalue weighted by atomic mass is 16.3. The van der Waals surface area contributed by atoms with Gasteiger partial charge in [0.15, 0.2) is 0 Å². The van der Waals surface area contributed by atoms with Crippen molar-refractivity contribution in [2.24, 2.45) is 11.8 Å². The molecule has 1 N–H and O–H groups in total. The molecule has 2 fully saturated rings. The highest BCUT2D eigenvalue weighted by Gasteiger charge is 2.29. The zero-order chi connectivity index (χ0) is 11.7. The predicted molar refractivity (Wildman–Crippen MR) is 63.2 cm³/mol. The third-order valence-corrected chi connectivity index (χ3v) is 3.78. The molecule has 1 aromatic rings. The van der Waals surface area contributed by atoms with Crippen LogP contribution in [-0.4, -0.2) is 44.6 Å². The molecule has 0 radical (unpaired) electrons. The van der Waals surface area contributed by atoms with Crippen LogP contribution in [0.3, 0.4) is 0 Å². The maximum absolute atomic E-state index is 8.94. The Kier molecular flexibility index (Phi) is 3.11. The van der Waals surface area contributed by atoms with E-state index in [1.54, 1.807) is 0 Å². The summed E-state index contributed by atoms with van der Waals surface area (Å²) in [6.07, 6.45) is 5.98. The molecule has 1 aromatic heterocycles. The zero-order valence-electron chi connectivity index (χ0n) is 10.1. The fraction of sp³-hybridized carbons (Fsp3) is 0.833. The van der Waals surface area contributed by atoms with E-state index in [1.807, 2.05) is 10.9 Å². The van der Waals surface area contributed by atoms with E-state index < -0.39 is 0 Å². The first-order valence-corrected chi connectivity index (χ1v) is 6.55. The van der Waals surface area contributed by atoms with Gasteiger partial charge in [0.2, 0.25) is 0 Å². The molecule has 0 aromatic carbocycles. The zero-order valence-corrected chi connectivity index (χ0v) is 10.1. The lowest BCUT2D eigenvalue weighted by atomic mass is 10.1. The molecule has 17 heavy (non-hydrogen) atoms. The summed E-state index contributed by atoms with van der Waals surface area (Å²) in [6.45, 7) is 4.66. The Hall–Kier alpha value is -0.940. The number of aliphatic hydroxyl groups is 1. The quantitative estimate of drug-likeness (QED) is 0.809. The Morgan fingerprint density at radius 1 is 1.24 bits per heavy atom. The van der Waals surface area contributed by atoms with Crippen molar-refractivity contribution < 1.29 is 5.11 Å². The van der Waals surface area contributed by atoms with E-state index in [0.717, 1.165) is 12.5 Å². The molecule has 1 saturated heterocycles. The van der Waals surface area contributed by atoms with Crippen LogP contribution in [0, 0.1) is 11.8 Å². The van der Waals surface area contributed by atoms with Gasteiger partial charge in [-0.2, -0.15) is 0 Å². The molecule has 3 rings (SSSR count). The minimum atomic E-state index is -0.0154. The molecular weight excluding hydrogens is 216 g/mol. The highest BCUT2D eigenvalue weighted by molar-refractivity contribution is 4.90. The van der Waals surface area contributed by atoms with Gasteiger partial charge in [-0.25, -0.2) is 0 Å². The van der Waals surface area contributed by atoms with Gasteiger partial charge in [0, 0.05) is 19.6 Å². The number of likely N-dealkylation sites (tertiary alicyclic amines) is 1. The Bertz CT molecular complexity index is 374. The molecule has 1 aliphatic carbocycles. The normalized spacial score (nSPS) is 25.6. The van der Waals surface area contributed by atoms with Crippen molar-refractivity contribution >= 4 is 0 Å². The molecule has 2 aliphatic rings. The van der Waals surface area contributed by atoms with Crippen LogP contribution in [0.25, 0.3) is 0 Å². The highest BCUT2D eigenvalue weighted by Crippen LogP contribution is 2.31. The number of nitrogens with zero attached hydrogens (tertiary/aromatic N) is 4. The largest absolute Gasteiger partial charge is 0.390 e. The minimum absolute atomic E-state index is 0.0154. The molecule has 1 aliphatic heterocycles. The molecule has 5 heteroatoms. The maximum atomic E-state index is 8.94. The van der Waals surface area contributed by atoms with Gasteiger partial charge in [-0.15, -0.1) is 5.10 Å². The Balaban J connectivity index is 1.48. The number of hydrogen-bond acceptors (Lipinski definition) is 4. The van der Waals surface area contributed by atoms with Crippen molar-refractivity contribution in [2.45, 2.75) is 32.4 Å². The fourth-order valence-electron chi connectivity index (χ4n) is 2.66. The van der Waals surface area contributed by atoms with Crippen LogP contribution >= 0.6 is 0 Å². The molecule has 1 saturated carbocycles. The molecular formula is C12H20N4O. The number of aromatic nitrogens is 3. The molecule has 94 valence electrons. The summed E-state index contributed by atoms with van der Waals surface area (Å²) in [7, 11) is 0. The van der Waals surface area contributed by atoms with Crippen molar-refractivity contribution in [1.29, 1.82) is 0 Å². The van der Waals surface area contributed by atoms with Gasteiger partial charge in [-0.1, -0.05) is 5.21 Å². The summed E-state index contributed by atoms with van der Waals surface area (Å²) >= 11 is 0. The first-order valence-electron chi connectivity index (χ1n) is 6.55. The molecule has 0 spiro atoms. The summed E-state index contributed by atoms with van der Waals surface area (Å²) < 4.78 is 1.87. The van der Waals surface area contributed by atoms with E-state index in [9.17, 15) is 0 Å². The smallest absolute Gasteiger partial charge is 0.108 e. The standard InChI is InChI=1S/C12H20N4O/c17-9-12-8-16(14-13-12)7-11-3-4-15(6-11)5-10-1-2-10/h8,10-11,17H,1-7,9H2/t11-/m1/s1. The van der Waals surface area contributed by atoms with Crippen LogP contribution in [0.2, 0.25) is 0 Å². The van der Waals surface area contributed by atoms with E-state index in [-0.39, 0.29) is 6.61 Å². The van der Waals surface area contributed by atoms with Gasteiger partial charge < -0.3 is 10.0 Å². The topological polar surface area (TPSA) is 54.2 Å². The van der Waals surface area contributed by atoms with Gasteiger partial charge in [0.05, 0.1) is 12.8 Å². The lowest BCUT2D eigenvalue weighted by molar-refractivity contribution is 0.276.